The molecule has 0 aliphatic heterocycles. The minimum absolute atomic E-state index is 0.627. The maximum Gasteiger partial charge on any atom is 0.320 e. The van der Waals surface area contributed by atoms with E-state index in [-0.39, 0.29) is 0 Å². The van der Waals surface area contributed by atoms with Crippen LogP contribution in [0.1, 0.15) is 77.0 Å². The molecule has 0 saturated heterocycles. The Kier molecular flexibility index (Phi) is 8.06. The summed E-state index contributed by atoms with van der Waals surface area (Å²) in [6.45, 7) is 0. The standard InChI is InChI=1S/C15H29NO2/c16-14(15(17)18)12-8-7-11-13-9-5-3-1-2-4-6-10-13/h13-14H,1-12,16H2,(H,17,18). The molecule has 0 aromatic carbocycles. The van der Waals surface area contributed by atoms with Crippen molar-refractivity contribution in [3.8, 4) is 0 Å². The molecule has 3 nitrogen and oxygen atoms in total. The Labute approximate surface area is 111 Å². The second-order valence-electron chi connectivity index (χ2n) is 5.79. The van der Waals surface area contributed by atoms with Crippen LogP contribution in [0.25, 0.3) is 0 Å². The third-order valence-electron chi connectivity index (χ3n) is 4.17. The molecule has 1 atom stereocenters. The second kappa shape index (κ2) is 9.37. The summed E-state index contributed by atoms with van der Waals surface area (Å²) < 4.78 is 0. The molecule has 1 saturated carbocycles. The van der Waals surface area contributed by atoms with E-state index in [0.29, 0.717) is 6.42 Å². The number of carbonyl (C=O) groups is 1. The summed E-state index contributed by atoms with van der Waals surface area (Å²) in [6, 6.07) is -0.662. The zero-order valence-corrected chi connectivity index (χ0v) is 11.6. The first-order valence-corrected chi connectivity index (χ1v) is 7.68. The molecule has 1 rings (SSSR count). The number of rotatable bonds is 6. The molecule has 1 fully saturated rings. The van der Waals surface area contributed by atoms with E-state index >= 15 is 0 Å². The fourth-order valence-electron chi connectivity index (χ4n) is 2.93. The molecule has 0 spiro atoms. The minimum atomic E-state index is -0.863. The molecule has 0 aromatic rings. The summed E-state index contributed by atoms with van der Waals surface area (Å²) in [5.74, 6) is 0.0154. The average Bonchev–Trinajstić information content (AvgIpc) is 2.48. The zero-order chi connectivity index (χ0) is 13.2. The molecule has 3 N–H and O–H groups in total. The van der Waals surface area contributed by atoms with Gasteiger partial charge < -0.3 is 10.8 Å². The van der Waals surface area contributed by atoms with Crippen molar-refractivity contribution in [2.45, 2.75) is 83.1 Å². The highest BCUT2D eigenvalue weighted by molar-refractivity contribution is 5.72. The van der Waals surface area contributed by atoms with Gasteiger partial charge in [0, 0.05) is 0 Å². The molecule has 3 heteroatoms. The van der Waals surface area contributed by atoms with Gasteiger partial charge in [-0.2, -0.15) is 0 Å². The predicted octanol–water partition coefficient (Wildman–Crippen LogP) is 3.71. The summed E-state index contributed by atoms with van der Waals surface area (Å²) in [6.07, 6.45) is 15.2. The number of hydrogen-bond acceptors (Lipinski definition) is 2. The average molecular weight is 255 g/mol. The Morgan fingerprint density at radius 1 is 1.06 bits per heavy atom. The third kappa shape index (κ3) is 7.00. The fourth-order valence-corrected chi connectivity index (χ4v) is 2.93. The van der Waals surface area contributed by atoms with Crippen LogP contribution in [0.5, 0.6) is 0 Å². The van der Waals surface area contributed by atoms with Crippen molar-refractivity contribution in [2.75, 3.05) is 0 Å². The quantitative estimate of drug-likeness (QED) is 0.711. The monoisotopic (exact) mass is 255 g/mol. The molecule has 106 valence electrons. The summed E-state index contributed by atoms with van der Waals surface area (Å²) in [5, 5.41) is 8.70. The van der Waals surface area contributed by atoms with Gasteiger partial charge in [-0.1, -0.05) is 70.6 Å². The highest BCUT2D eigenvalue weighted by Gasteiger charge is 2.13. The molecule has 0 heterocycles. The van der Waals surface area contributed by atoms with Gasteiger partial charge in [-0.25, -0.2) is 0 Å². The fraction of sp³-hybridized carbons (Fsp3) is 0.933. The maximum absolute atomic E-state index is 10.6. The Morgan fingerprint density at radius 3 is 2.17 bits per heavy atom. The molecule has 0 radical (unpaired) electrons. The van der Waals surface area contributed by atoms with Crippen molar-refractivity contribution in [2.24, 2.45) is 11.7 Å². The minimum Gasteiger partial charge on any atom is -0.480 e. The number of nitrogens with two attached hydrogens (primary N) is 1. The molecule has 18 heavy (non-hydrogen) atoms. The van der Waals surface area contributed by atoms with Crippen molar-refractivity contribution in [3.05, 3.63) is 0 Å². The van der Waals surface area contributed by atoms with E-state index in [1.54, 1.807) is 0 Å². The maximum atomic E-state index is 10.6. The Morgan fingerprint density at radius 2 is 1.61 bits per heavy atom. The summed E-state index contributed by atoms with van der Waals surface area (Å²) in [4.78, 5) is 10.6. The molecule has 1 aliphatic rings. The highest BCUT2D eigenvalue weighted by Crippen LogP contribution is 2.26. The van der Waals surface area contributed by atoms with Gasteiger partial charge in [0.15, 0.2) is 0 Å². The number of unbranched alkanes of at least 4 members (excludes halogenated alkanes) is 1. The lowest BCUT2D eigenvalue weighted by atomic mass is 9.91. The smallest absolute Gasteiger partial charge is 0.320 e. The first kappa shape index (κ1) is 15.5. The SMILES string of the molecule is NC(CCCCC1CCCCCCCC1)C(=O)O. The number of carboxylic acid groups (broad SMARTS) is 1. The first-order chi connectivity index (χ1) is 8.70. The van der Waals surface area contributed by atoms with Gasteiger partial charge in [0.25, 0.3) is 0 Å². The molecule has 1 aliphatic carbocycles. The first-order valence-electron chi connectivity index (χ1n) is 7.68. The van der Waals surface area contributed by atoms with Gasteiger partial charge in [-0.3, -0.25) is 4.79 Å². The van der Waals surface area contributed by atoms with Crippen molar-refractivity contribution in [1.29, 1.82) is 0 Å². The molecule has 0 aromatic heterocycles. The van der Waals surface area contributed by atoms with Crippen LogP contribution in [0.2, 0.25) is 0 Å². The lowest BCUT2D eigenvalue weighted by Crippen LogP contribution is -2.29. The van der Waals surface area contributed by atoms with E-state index < -0.39 is 12.0 Å². The summed E-state index contributed by atoms with van der Waals surface area (Å²) >= 11 is 0. The molecular weight excluding hydrogens is 226 g/mol. The Bertz CT molecular complexity index is 221. The highest BCUT2D eigenvalue weighted by atomic mass is 16.4. The van der Waals surface area contributed by atoms with Gasteiger partial charge >= 0.3 is 5.97 Å². The Balaban J connectivity index is 2.10. The van der Waals surface area contributed by atoms with Crippen LogP contribution in [-0.4, -0.2) is 17.1 Å². The molecule has 1 unspecified atom stereocenters. The van der Waals surface area contributed by atoms with Crippen LogP contribution in [0.3, 0.4) is 0 Å². The van der Waals surface area contributed by atoms with Crippen LogP contribution >= 0.6 is 0 Å². The van der Waals surface area contributed by atoms with E-state index in [2.05, 4.69) is 0 Å². The number of hydrogen-bond donors (Lipinski definition) is 2. The van der Waals surface area contributed by atoms with Crippen molar-refractivity contribution < 1.29 is 9.90 Å². The lowest BCUT2D eigenvalue weighted by molar-refractivity contribution is -0.138. The second-order valence-corrected chi connectivity index (χ2v) is 5.79. The van der Waals surface area contributed by atoms with E-state index in [1.807, 2.05) is 0 Å². The largest absolute Gasteiger partial charge is 0.480 e. The summed E-state index contributed by atoms with van der Waals surface area (Å²) in [5.41, 5.74) is 5.50. The number of carboxylic acids is 1. The van der Waals surface area contributed by atoms with Crippen molar-refractivity contribution in [3.63, 3.8) is 0 Å². The van der Waals surface area contributed by atoms with Gasteiger partial charge in [0.1, 0.15) is 6.04 Å². The van der Waals surface area contributed by atoms with Crippen LogP contribution < -0.4 is 5.73 Å². The van der Waals surface area contributed by atoms with Gasteiger partial charge in [0.05, 0.1) is 0 Å². The van der Waals surface area contributed by atoms with Crippen LogP contribution in [0.15, 0.2) is 0 Å². The number of aliphatic carboxylic acids is 1. The van der Waals surface area contributed by atoms with E-state index in [0.717, 1.165) is 18.8 Å². The normalized spacial score (nSPS) is 20.7. The van der Waals surface area contributed by atoms with E-state index in [1.165, 1.54) is 57.8 Å². The van der Waals surface area contributed by atoms with Gasteiger partial charge in [0.2, 0.25) is 0 Å². The third-order valence-corrected chi connectivity index (χ3v) is 4.17. The van der Waals surface area contributed by atoms with Crippen molar-refractivity contribution >= 4 is 5.97 Å². The molecular formula is C15H29NO2. The Hall–Kier alpha value is -0.570. The van der Waals surface area contributed by atoms with Crippen LogP contribution in [0, 0.1) is 5.92 Å². The lowest BCUT2D eigenvalue weighted by Gasteiger charge is -2.15. The topological polar surface area (TPSA) is 63.3 Å². The van der Waals surface area contributed by atoms with E-state index in [4.69, 9.17) is 10.8 Å². The van der Waals surface area contributed by atoms with Gasteiger partial charge in [-0.15, -0.1) is 0 Å². The van der Waals surface area contributed by atoms with Crippen LogP contribution in [-0.2, 0) is 4.79 Å². The van der Waals surface area contributed by atoms with Crippen molar-refractivity contribution in [1.82, 2.24) is 0 Å². The predicted molar refractivity (Wildman–Crippen MR) is 74.5 cm³/mol. The van der Waals surface area contributed by atoms with Crippen LogP contribution in [0.4, 0.5) is 0 Å². The van der Waals surface area contributed by atoms with E-state index in [9.17, 15) is 4.79 Å². The zero-order valence-electron chi connectivity index (χ0n) is 11.6. The summed E-state index contributed by atoms with van der Waals surface area (Å²) in [7, 11) is 0. The molecule has 0 amide bonds. The molecule has 0 bridgehead atoms. The van der Waals surface area contributed by atoms with Gasteiger partial charge in [-0.05, 0) is 12.3 Å².